The van der Waals surface area contributed by atoms with Crippen LogP contribution < -0.4 is 11.5 Å². The molecule has 0 bridgehead atoms. The Morgan fingerprint density at radius 3 is 2.09 bits per heavy atom. The van der Waals surface area contributed by atoms with Crippen LogP contribution in [-0.4, -0.2) is 23.2 Å². The second-order valence-electron chi connectivity index (χ2n) is 3.35. The molecular formula is C7H14N2O2. The van der Waals surface area contributed by atoms with Gasteiger partial charge in [0.25, 0.3) is 0 Å². The molecule has 0 amide bonds. The van der Waals surface area contributed by atoms with Gasteiger partial charge in [-0.15, -0.1) is 0 Å². The van der Waals surface area contributed by atoms with Gasteiger partial charge in [0, 0.05) is 12.1 Å². The first-order valence-electron chi connectivity index (χ1n) is 3.75. The zero-order valence-electron chi connectivity index (χ0n) is 6.58. The Morgan fingerprint density at radius 1 is 1.55 bits per heavy atom. The molecule has 1 saturated carbocycles. The second kappa shape index (κ2) is 2.46. The summed E-state index contributed by atoms with van der Waals surface area (Å²) in [5, 5.41) is 8.79. The molecule has 2 atom stereocenters. The van der Waals surface area contributed by atoms with Gasteiger partial charge in [-0.25, -0.2) is 0 Å². The molecule has 4 nitrogen and oxygen atoms in total. The molecule has 0 aromatic rings. The van der Waals surface area contributed by atoms with E-state index in [0.29, 0.717) is 12.8 Å². The van der Waals surface area contributed by atoms with Crippen molar-refractivity contribution in [3.8, 4) is 0 Å². The Bertz CT molecular complexity index is 175. The van der Waals surface area contributed by atoms with Crippen LogP contribution in [0.3, 0.4) is 0 Å². The number of aliphatic carboxylic acids is 1. The molecule has 2 unspecified atom stereocenters. The second-order valence-corrected chi connectivity index (χ2v) is 3.35. The Hall–Kier alpha value is -0.610. The van der Waals surface area contributed by atoms with Crippen molar-refractivity contribution < 1.29 is 9.90 Å². The molecule has 0 aromatic heterocycles. The topological polar surface area (TPSA) is 89.3 Å². The molecule has 64 valence electrons. The minimum Gasteiger partial charge on any atom is -0.481 e. The van der Waals surface area contributed by atoms with Crippen molar-refractivity contribution >= 4 is 5.97 Å². The maximum absolute atomic E-state index is 10.7. The Labute approximate surface area is 65.6 Å². The molecule has 11 heavy (non-hydrogen) atoms. The zero-order valence-corrected chi connectivity index (χ0v) is 6.58. The van der Waals surface area contributed by atoms with Gasteiger partial charge >= 0.3 is 5.97 Å². The number of carboxylic acid groups (broad SMARTS) is 1. The summed E-state index contributed by atoms with van der Waals surface area (Å²) in [5.74, 6) is -0.803. The molecule has 4 heteroatoms. The van der Waals surface area contributed by atoms with Gasteiger partial charge in [-0.1, -0.05) is 0 Å². The van der Waals surface area contributed by atoms with Crippen LogP contribution in [0.5, 0.6) is 0 Å². The molecule has 0 heterocycles. The van der Waals surface area contributed by atoms with E-state index < -0.39 is 17.4 Å². The van der Waals surface area contributed by atoms with Crippen molar-refractivity contribution in [3.05, 3.63) is 0 Å². The molecule has 1 fully saturated rings. The van der Waals surface area contributed by atoms with Crippen molar-refractivity contribution in [1.29, 1.82) is 0 Å². The van der Waals surface area contributed by atoms with E-state index in [2.05, 4.69) is 0 Å². The predicted octanol–water partition coefficient (Wildman–Crippen LogP) is -0.474. The third kappa shape index (κ3) is 1.23. The first-order valence-corrected chi connectivity index (χ1v) is 3.75. The normalized spacial score (nSPS) is 25.7. The monoisotopic (exact) mass is 158 g/mol. The summed E-state index contributed by atoms with van der Waals surface area (Å²) < 4.78 is 0. The minimum atomic E-state index is -0.803. The average molecular weight is 158 g/mol. The molecule has 0 saturated heterocycles. The highest BCUT2D eigenvalue weighted by Gasteiger charge is 2.55. The number of hydrogen-bond donors (Lipinski definition) is 3. The summed E-state index contributed by atoms with van der Waals surface area (Å²) in [6.07, 6.45) is 1.34. The van der Waals surface area contributed by atoms with E-state index in [4.69, 9.17) is 16.6 Å². The van der Waals surface area contributed by atoms with Gasteiger partial charge in [0.1, 0.15) is 0 Å². The fourth-order valence-corrected chi connectivity index (χ4v) is 1.33. The van der Waals surface area contributed by atoms with Crippen LogP contribution in [0.15, 0.2) is 0 Å². The van der Waals surface area contributed by atoms with Crippen molar-refractivity contribution in [1.82, 2.24) is 0 Å². The Balaban J connectivity index is 2.65. The molecule has 0 aliphatic heterocycles. The third-order valence-electron chi connectivity index (χ3n) is 2.42. The van der Waals surface area contributed by atoms with E-state index in [1.807, 2.05) is 0 Å². The van der Waals surface area contributed by atoms with Gasteiger partial charge in [0.05, 0.1) is 5.41 Å². The van der Waals surface area contributed by atoms with Gasteiger partial charge in [-0.2, -0.15) is 0 Å². The quantitative estimate of drug-likeness (QED) is 0.517. The Morgan fingerprint density at radius 2 is 2.00 bits per heavy atom. The average Bonchev–Trinajstić information content (AvgIpc) is 2.65. The molecule has 0 radical (unpaired) electrons. The van der Waals surface area contributed by atoms with Crippen molar-refractivity contribution in [2.45, 2.75) is 31.8 Å². The van der Waals surface area contributed by atoms with Gasteiger partial charge in [-0.3, -0.25) is 4.79 Å². The summed E-state index contributed by atoms with van der Waals surface area (Å²) in [5.41, 5.74) is 10.5. The highest BCUT2D eigenvalue weighted by atomic mass is 16.4. The van der Waals surface area contributed by atoms with Crippen LogP contribution >= 0.6 is 0 Å². The maximum Gasteiger partial charge on any atom is 0.311 e. The van der Waals surface area contributed by atoms with E-state index in [1.54, 1.807) is 6.92 Å². The van der Waals surface area contributed by atoms with Gasteiger partial charge < -0.3 is 16.6 Å². The summed E-state index contributed by atoms with van der Waals surface area (Å²) in [4.78, 5) is 10.7. The van der Waals surface area contributed by atoms with Crippen LogP contribution in [0.4, 0.5) is 0 Å². The third-order valence-corrected chi connectivity index (χ3v) is 2.42. The van der Waals surface area contributed by atoms with Crippen LogP contribution in [0.25, 0.3) is 0 Å². The SMILES string of the molecule is CC(N)C(N)C1(C(=O)O)CC1. The van der Waals surface area contributed by atoms with E-state index in [0.717, 1.165) is 0 Å². The fraction of sp³-hybridized carbons (Fsp3) is 0.857. The molecule has 1 rings (SSSR count). The van der Waals surface area contributed by atoms with Gasteiger partial charge in [0.2, 0.25) is 0 Å². The number of nitrogens with two attached hydrogens (primary N) is 2. The summed E-state index contributed by atoms with van der Waals surface area (Å²) in [6, 6.07) is -0.645. The zero-order chi connectivity index (χ0) is 8.65. The van der Waals surface area contributed by atoms with E-state index >= 15 is 0 Å². The highest BCUT2D eigenvalue weighted by Crippen LogP contribution is 2.48. The highest BCUT2D eigenvalue weighted by molar-refractivity contribution is 5.79. The standard InChI is InChI=1S/C7H14N2O2/c1-4(8)5(9)7(2-3-7)6(10)11/h4-5H,2-3,8-9H2,1H3,(H,10,11). The van der Waals surface area contributed by atoms with E-state index in [1.165, 1.54) is 0 Å². The lowest BCUT2D eigenvalue weighted by Crippen LogP contribution is -2.48. The first kappa shape index (κ1) is 8.49. The molecule has 0 aromatic carbocycles. The van der Waals surface area contributed by atoms with Crippen molar-refractivity contribution in [2.75, 3.05) is 0 Å². The summed E-state index contributed by atoms with van der Waals surface area (Å²) in [7, 11) is 0. The molecule has 5 N–H and O–H groups in total. The van der Waals surface area contributed by atoms with Crippen LogP contribution in [-0.2, 0) is 4.79 Å². The maximum atomic E-state index is 10.7. The summed E-state index contributed by atoms with van der Waals surface area (Å²) >= 11 is 0. The molecular weight excluding hydrogens is 144 g/mol. The largest absolute Gasteiger partial charge is 0.481 e. The minimum absolute atomic E-state index is 0.242. The van der Waals surface area contributed by atoms with Crippen molar-refractivity contribution in [2.24, 2.45) is 16.9 Å². The summed E-state index contributed by atoms with van der Waals surface area (Å²) in [6.45, 7) is 1.74. The number of rotatable bonds is 3. The predicted molar refractivity (Wildman–Crippen MR) is 40.9 cm³/mol. The van der Waals surface area contributed by atoms with Crippen LogP contribution in [0.2, 0.25) is 0 Å². The number of carbonyl (C=O) groups is 1. The number of carboxylic acids is 1. The lowest BCUT2D eigenvalue weighted by atomic mass is 9.92. The lowest BCUT2D eigenvalue weighted by Gasteiger charge is -2.22. The van der Waals surface area contributed by atoms with E-state index in [-0.39, 0.29) is 6.04 Å². The first-order chi connectivity index (χ1) is 5.00. The molecule has 1 aliphatic rings. The van der Waals surface area contributed by atoms with Gasteiger partial charge in [-0.05, 0) is 19.8 Å². The lowest BCUT2D eigenvalue weighted by molar-refractivity contribution is -0.144. The number of hydrogen-bond acceptors (Lipinski definition) is 3. The smallest absolute Gasteiger partial charge is 0.311 e. The Kier molecular flexibility index (Phi) is 1.90. The van der Waals surface area contributed by atoms with E-state index in [9.17, 15) is 4.79 Å². The van der Waals surface area contributed by atoms with Crippen LogP contribution in [0, 0.1) is 5.41 Å². The molecule has 1 aliphatic carbocycles. The van der Waals surface area contributed by atoms with Crippen molar-refractivity contribution in [3.63, 3.8) is 0 Å². The van der Waals surface area contributed by atoms with Crippen LogP contribution in [0.1, 0.15) is 19.8 Å². The van der Waals surface area contributed by atoms with Gasteiger partial charge in [0.15, 0.2) is 0 Å². The fourth-order valence-electron chi connectivity index (χ4n) is 1.33. The molecule has 0 spiro atoms.